The van der Waals surface area contributed by atoms with Crippen LogP contribution in [0.1, 0.15) is 40.7 Å². The van der Waals surface area contributed by atoms with Crippen molar-refractivity contribution in [2.45, 2.75) is 32.7 Å². The molecule has 30 heavy (non-hydrogen) atoms. The summed E-state index contributed by atoms with van der Waals surface area (Å²) in [6.07, 6.45) is 3.47. The van der Waals surface area contributed by atoms with Gasteiger partial charge in [0.25, 0.3) is 5.91 Å². The molecular weight excluding hydrogens is 376 g/mol. The summed E-state index contributed by atoms with van der Waals surface area (Å²) in [4.78, 5) is 17.8. The Kier molecular flexibility index (Phi) is 6.00. The molecule has 1 amide bonds. The first-order valence-corrected chi connectivity index (χ1v) is 10.8. The third kappa shape index (κ3) is 4.46. The summed E-state index contributed by atoms with van der Waals surface area (Å²) in [6.45, 7) is 6.98. The monoisotopic (exact) mass is 408 g/mol. The molecule has 4 rings (SSSR count). The fourth-order valence-corrected chi connectivity index (χ4v) is 5.07. The predicted molar refractivity (Wildman–Crippen MR) is 118 cm³/mol. The normalized spacial score (nSPS) is 21.8. The number of methoxy groups -OCH3 is 2. The van der Waals surface area contributed by atoms with Crippen LogP contribution in [-0.4, -0.2) is 56.1 Å². The van der Waals surface area contributed by atoms with Gasteiger partial charge in [0.1, 0.15) is 11.5 Å². The lowest BCUT2D eigenvalue weighted by atomic mass is 9.79. The van der Waals surface area contributed by atoms with Gasteiger partial charge in [-0.15, -0.1) is 0 Å². The van der Waals surface area contributed by atoms with Crippen LogP contribution < -0.4 is 9.47 Å². The average molecular weight is 409 g/mol. The average Bonchev–Trinajstić information content (AvgIpc) is 3.15. The molecule has 1 spiro atoms. The van der Waals surface area contributed by atoms with Crippen LogP contribution in [0.25, 0.3) is 0 Å². The molecule has 160 valence electrons. The molecule has 0 unspecified atom stereocenters. The lowest BCUT2D eigenvalue weighted by Gasteiger charge is -2.40. The molecule has 0 aliphatic carbocycles. The van der Waals surface area contributed by atoms with Crippen LogP contribution in [0.15, 0.2) is 42.5 Å². The number of ether oxygens (including phenoxy) is 2. The number of aryl methyl sites for hydroxylation is 1. The van der Waals surface area contributed by atoms with E-state index >= 15 is 0 Å². The summed E-state index contributed by atoms with van der Waals surface area (Å²) >= 11 is 0. The predicted octanol–water partition coefficient (Wildman–Crippen LogP) is 4.14. The molecule has 2 aromatic carbocycles. The van der Waals surface area contributed by atoms with E-state index in [1.54, 1.807) is 32.4 Å². The van der Waals surface area contributed by atoms with Gasteiger partial charge in [-0.2, -0.15) is 0 Å². The van der Waals surface area contributed by atoms with Gasteiger partial charge in [-0.05, 0) is 50.4 Å². The number of carbonyl (C=O) groups is 1. The lowest BCUT2D eigenvalue weighted by molar-refractivity contribution is 0.0675. The summed E-state index contributed by atoms with van der Waals surface area (Å²) in [6, 6.07) is 14.2. The Balaban J connectivity index is 1.44. The number of amides is 1. The quantitative estimate of drug-likeness (QED) is 0.746. The maximum atomic E-state index is 13.2. The van der Waals surface area contributed by atoms with Crippen molar-refractivity contribution in [3.63, 3.8) is 0 Å². The molecule has 5 nitrogen and oxygen atoms in total. The lowest BCUT2D eigenvalue weighted by Crippen LogP contribution is -2.45. The molecule has 2 aromatic rings. The highest BCUT2D eigenvalue weighted by Gasteiger charge is 2.42. The van der Waals surface area contributed by atoms with Crippen LogP contribution in [0.4, 0.5) is 0 Å². The molecule has 2 aliphatic rings. The first-order valence-electron chi connectivity index (χ1n) is 10.8. The van der Waals surface area contributed by atoms with E-state index in [0.29, 0.717) is 17.1 Å². The molecule has 0 N–H and O–H groups in total. The summed E-state index contributed by atoms with van der Waals surface area (Å²) < 4.78 is 10.7. The van der Waals surface area contributed by atoms with Gasteiger partial charge < -0.3 is 14.4 Å². The summed E-state index contributed by atoms with van der Waals surface area (Å²) in [5, 5.41) is 0. The highest BCUT2D eigenvalue weighted by Crippen LogP contribution is 2.40. The van der Waals surface area contributed by atoms with Crippen LogP contribution in [0.2, 0.25) is 0 Å². The molecule has 0 bridgehead atoms. The highest BCUT2D eigenvalue weighted by molar-refractivity contribution is 5.95. The van der Waals surface area contributed by atoms with E-state index in [0.717, 1.165) is 39.1 Å². The van der Waals surface area contributed by atoms with Crippen molar-refractivity contribution >= 4 is 5.91 Å². The number of hydrogen-bond donors (Lipinski definition) is 0. The van der Waals surface area contributed by atoms with Crippen LogP contribution in [0.5, 0.6) is 11.5 Å². The zero-order valence-corrected chi connectivity index (χ0v) is 18.3. The van der Waals surface area contributed by atoms with Crippen molar-refractivity contribution < 1.29 is 14.3 Å². The van der Waals surface area contributed by atoms with Crippen molar-refractivity contribution in [1.82, 2.24) is 9.80 Å². The van der Waals surface area contributed by atoms with E-state index in [-0.39, 0.29) is 11.3 Å². The van der Waals surface area contributed by atoms with Crippen LogP contribution in [0.3, 0.4) is 0 Å². The van der Waals surface area contributed by atoms with Gasteiger partial charge in [0.2, 0.25) is 0 Å². The van der Waals surface area contributed by atoms with Gasteiger partial charge in [-0.1, -0.05) is 29.8 Å². The second-order valence-corrected chi connectivity index (χ2v) is 8.88. The number of carbonyl (C=O) groups excluding carboxylic acids is 1. The Morgan fingerprint density at radius 3 is 2.47 bits per heavy atom. The van der Waals surface area contributed by atoms with Crippen molar-refractivity contribution in [2.75, 3.05) is 40.4 Å². The fraction of sp³-hybridized carbons (Fsp3) is 0.480. The third-order valence-corrected chi connectivity index (χ3v) is 6.55. The number of benzene rings is 2. The number of hydrogen-bond acceptors (Lipinski definition) is 4. The molecule has 1 atom stereocenters. The van der Waals surface area contributed by atoms with E-state index in [4.69, 9.17) is 9.47 Å². The largest absolute Gasteiger partial charge is 0.497 e. The topological polar surface area (TPSA) is 42.0 Å². The Hall–Kier alpha value is -2.53. The van der Waals surface area contributed by atoms with Gasteiger partial charge in [0, 0.05) is 43.2 Å². The van der Waals surface area contributed by atoms with Crippen LogP contribution in [0, 0.1) is 12.3 Å². The second-order valence-electron chi connectivity index (χ2n) is 8.88. The van der Waals surface area contributed by atoms with Crippen LogP contribution >= 0.6 is 0 Å². The smallest absolute Gasteiger partial charge is 0.254 e. The summed E-state index contributed by atoms with van der Waals surface area (Å²) in [5.74, 6) is 1.36. The van der Waals surface area contributed by atoms with Crippen molar-refractivity contribution in [2.24, 2.45) is 5.41 Å². The Morgan fingerprint density at radius 1 is 1.00 bits per heavy atom. The third-order valence-electron chi connectivity index (χ3n) is 6.55. The molecule has 0 saturated carbocycles. The molecule has 5 heteroatoms. The van der Waals surface area contributed by atoms with Gasteiger partial charge in [-0.3, -0.25) is 9.69 Å². The minimum atomic E-state index is 0.0693. The number of nitrogens with zero attached hydrogens (tertiary/aromatic N) is 2. The summed E-state index contributed by atoms with van der Waals surface area (Å²) in [7, 11) is 3.22. The van der Waals surface area contributed by atoms with E-state index < -0.39 is 0 Å². The van der Waals surface area contributed by atoms with Crippen molar-refractivity contribution in [3.05, 3.63) is 59.2 Å². The molecule has 2 aliphatic heterocycles. The number of likely N-dealkylation sites (tertiary alicyclic amines) is 2. The van der Waals surface area contributed by atoms with Gasteiger partial charge in [0.05, 0.1) is 14.2 Å². The van der Waals surface area contributed by atoms with E-state index in [1.807, 2.05) is 4.90 Å². The van der Waals surface area contributed by atoms with E-state index in [2.05, 4.69) is 36.1 Å². The Labute approximate surface area is 179 Å². The Morgan fingerprint density at radius 2 is 1.77 bits per heavy atom. The molecule has 2 heterocycles. The molecule has 2 fully saturated rings. The van der Waals surface area contributed by atoms with E-state index in [1.165, 1.54) is 24.0 Å². The first kappa shape index (κ1) is 20.7. The van der Waals surface area contributed by atoms with E-state index in [9.17, 15) is 4.79 Å². The highest BCUT2D eigenvalue weighted by atomic mass is 16.5. The van der Waals surface area contributed by atoms with Gasteiger partial charge in [-0.25, -0.2) is 0 Å². The van der Waals surface area contributed by atoms with Crippen molar-refractivity contribution in [3.8, 4) is 11.5 Å². The minimum absolute atomic E-state index is 0.0693. The number of piperidine rings is 1. The maximum absolute atomic E-state index is 13.2. The van der Waals surface area contributed by atoms with Crippen molar-refractivity contribution in [1.29, 1.82) is 0 Å². The molecule has 0 radical (unpaired) electrons. The second kappa shape index (κ2) is 8.68. The van der Waals surface area contributed by atoms with Gasteiger partial charge >= 0.3 is 0 Å². The molecule has 0 aromatic heterocycles. The minimum Gasteiger partial charge on any atom is -0.497 e. The number of rotatable bonds is 5. The zero-order chi connectivity index (χ0) is 21.1. The molecular formula is C25H32N2O3. The van der Waals surface area contributed by atoms with Gasteiger partial charge in [0.15, 0.2) is 0 Å². The first-order chi connectivity index (χ1) is 14.5. The van der Waals surface area contributed by atoms with Crippen LogP contribution in [-0.2, 0) is 6.54 Å². The fourth-order valence-electron chi connectivity index (χ4n) is 5.07. The zero-order valence-electron chi connectivity index (χ0n) is 18.3. The molecule has 2 saturated heterocycles. The maximum Gasteiger partial charge on any atom is 0.254 e. The standard InChI is InChI=1S/C25H32N2O3/c1-19-6-4-7-20(12-19)16-26-10-5-8-25(17-26)9-11-27(18-25)24(28)21-13-22(29-2)15-23(14-21)30-3/h4,6-7,12-15H,5,8-11,16-18H2,1-3H3/t25-/m0/s1. The SMILES string of the molecule is COc1cc(OC)cc(C(=O)N2CC[C@]3(CCCN(Cc4cccc(C)c4)C3)C2)c1. The Bertz CT molecular complexity index is 891. The summed E-state index contributed by atoms with van der Waals surface area (Å²) in [5.41, 5.74) is 3.53.